The zero-order valence-electron chi connectivity index (χ0n) is 28.4. The highest BCUT2D eigenvalue weighted by atomic mass is 19.2. The highest BCUT2D eigenvalue weighted by Crippen LogP contribution is 2.36. The molecule has 0 fully saturated rings. The van der Waals surface area contributed by atoms with Crippen molar-refractivity contribution in [2.75, 3.05) is 0 Å². The number of hydrogen-bond acceptors (Lipinski definition) is 0. The van der Waals surface area contributed by atoms with Crippen molar-refractivity contribution in [2.24, 2.45) is 5.92 Å². The third-order valence-electron chi connectivity index (χ3n) is 9.44. The first-order valence-corrected chi connectivity index (χ1v) is 18.0. The Balaban J connectivity index is 1.60. The number of rotatable bonds is 21. The minimum atomic E-state index is -0.908. The van der Waals surface area contributed by atoms with Gasteiger partial charge in [0.05, 0.1) is 0 Å². The van der Waals surface area contributed by atoms with Crippen LogP contribution in [0.2, 0.25) is 0 Å². The first kappa shape index (κ1) is 37.6. The van der Waals surface area contributed by atoms with Gasteiger partial charge in [0.2, 0.25) is 0 Å². The third kappa shape index (κ3) is 12.0. The molecule has 0 aromatic heterocycles. The molecule has 0 nitrogen and oxygen atoms in total. The van der Waals surface area contributed by atoms with E-state index in [0.717, 1.165) is 44.1 Å². The lowest BCUT2D eigenvalue weighted by Crippen LogP contribution is -2.06. The van der Waals surface area contributed by atoms with Crippen molar-refractivity contribution in [1.82, 2.24) is 0 Å². The maximum Gasteiger partial charge on any atom is 0.166 e. The summed E-state index contributed by atoms with van der Waals surface area (Å²) < 4.78 is 60.8. The summed E-state index contributed by atoms with van der Waals surface area (Å²) in [6.45, 7) is 8.11. The van der Waals surface area contributed by atoms with Crippen LogP contribution in [-0.2, 0) is 6.42 Å². The molecule has 2 aromatic rings. The van der Waals surface area contributed by atoms with Gasteiger partial charge in [-0.1, -0.05) is 164 Å². The highest BCUT2D eigenvalue weighted by Gasteiger charge is 2.20. The van der Waals surface area contributed by atoms with Crippen LogP contribution >= 0.6 is 0 Å². The van der Waals surface area contributed by atoms with Crippen LogP contribution < -0.4 is 0 Å². The molecule has 0 bridgehead atoms. The van der Waals surface area contributed by atoms with Gasteiger partial charge in [-0.05, 0) is 54.7 Å². The summed E-state index contributed by atoms with van der Waals surface area (Å²) in [6, 6.07) is 9.77. The molecule has 0 radical (unpaired) electrons. The van der Waals surface area contributed by atoms with Crippen LogP contribution in [-0.4, -0.2) is 0 Å². The van der Waals surface area contributed by atoms with E-state index in [0.29, 0.717) is 29.0 Å². The molecule has 0 heterocycles. The number of aryl methyl sites for hydroxylation is 1. The van der Waals surface area contributed by atoms with E-state index in [1.165, 1.54) is 82.8 Å². The Morgan fingerprint density at radius 1 is 0.783 bits per heavy atom. The number of halogens is 4. The Bertz CT molecular complexity index is 1300. The second-order valence-electron chi connectivity index (χ2n) is 13.1. The SMILES string of the molecule is C=C/C=C(\C(F)=C(\F)CC1=CCC(CCCCCCC)CC1)c1ccc(-c2ccc(CCCCCCCCCC)c(F)c2F)cc1. The van der Waals surface area contributed by atoms with Crippen molar-refractivity contribution in [3.8, 4) is 11.1 Å². The average molecular weight is 637 g/mol. The molecule has 4 heteroatoms. The number of hydrogen-bond donors (Lipinski definition) is 0. The summed E-state index contributed by atoms with van der Waals surface area (Å²) in [5.41, 5.74) is 2.52. The minimum Gasteiger partial charge on any atom is -0.208 e. The Morgan fingerprint density at radius 3 is 2.02 bits per heavy atom. The van der Waals surface area contributed by atoms with Crippen molar-refractivity contribution < 1.29 is 17.6 Å². The van der Waals surface area contributed by atoms with Crippen LogP contribution in [0.1, 0.15) is 141 Å². The molecule has 0 spiro atoms. The lowest BCUT2D eigenvalue weighted by molar-refractivity contribution is 0.408. The number of benzene rings is 2. The molecule has 0 saturated heterocycles. The average Bonchev–Trinajstić information content (AvgIpc) is 3.07. The van der Waals surface area contributed by atoms with E-state index >= 15 is 13.2 Å². The van der Waals surface area contributed by atoms with Crippen LogP contribution in [0.15, 0.2) is 78.4 Å². The van der Waals surface area contributed by atoms with Crippen molar-refractivity contribution in [3.63, 3.8) is 0 Å². The van der Waals surface area contributed by atoms with E-state index in [1.807, 2.05) is 0 Å². The van der Waals surface area contributed by atoms with Crippen molar-refractivity contribution in [3.05, 3.63) is 101 Å². The van der Waals surface area contributed by atoms with Crippen LogP contribution in [0.25, 0.3) is 16.7 Å². The van der Waals surface area contributed by atoms with Crippen molar-refractivity contribution in [1.29, 1.82) is 0 Å². The van der Waals surface area contributed by atoms with E-state index < -0.39 is 23.3 Å². The summed E-state index contributed by atoms with van der Waals surface area (Å²) in [4.78, 5) is 0. The summed E-state index contributed by atoms with van der Waals surface area (Å²) in [5.74, 6) is -2.73. The summed E-state index contributed by atoms with van der Waals surface area (Å²) in [6.07, 6.45) is 25.0. The minimum absolute atomic E-state index is 0.0303. The molecular formula is C42H56F4. The van der Waals surface area contributed by atoms with Crippen LogP contribution in [0.5, 0.6) is 0 Å². The Labute approximate surface area is 276 Å². The quantitative estimate of drug-likeness (QED) is 0.0553. The molecule has 1 aliphatic rings. The van der Waals surface area contributed by atoms with E-state index in [1.54, 1.807) is 36.4 Å². The largest absolute Gasteiger partial charge is 0.208 e. The summed E-state index contributed by atoms with van der Waals surface area (Å²) in [5, 5.41) is 0. The van der Waals surface area contributed by atoms with Gasteiger partial charge in [-0.3, -0.25) is 0 Å². The van der Waals surface area contributed by atoms with Gasteiger partial charge in [0, 0.05) is 17.6 Å². The topological polar surface area (TPSA) is 0 Å². The maximum absolute atomic E-state index is 15.5. The highest BCUT2D eigenvalue weighted by molar-refractivity contribution is 5.80. The van der Waals surface area contributed by atoms with Gasteiger partial charge < -0.3 is 0 Å². The van der Waals surface area contributed by atoms with E-state index in [9.17, 15) is 4.39 Å². The van der Waals surface area contributed by atoms with Crippen LogP contribution in [0, 0.1) is 17.6 Å². The van der Waals surface area contributed by atoms with Crippen molar-refractivity contribution in [2.45, 2.75) is 136 Å². The third-order valence-corrected chi connectivity index (χ3v) is 9.44. The second-order valence-corrected chi connectivity index (χ2v) is 13.1. The summed E-state index contributed by atoms with van der Waals surface area (Å²) in [7, 11) is 0. The van der Waals surface area contributed by atoms with Crippen LogP contribution in [0.4, 0.5) is 17.6 Å². The number of allylic oxidation sites excluding steroid dienone is 7. The van der Waals surface area contributed by atoms with Crippen LogP contribution in [0.3, 0.4) is 0 Å². The first-order chi connectivity index (χ1) is 22.4. The fraction of sp³-hybridized carbons (Fsp3) is 0.524. The smallest absolute Gasteiger partial charge is 0.166 e. The van der Waals surface area contributed by atoms with E-state index in [-0.39, 0.29) is 17.6 Å². The Morgan fingerprint density at radius 2 is 1.41 bits per heavy atom. The second kappa shape index (κ2) is 21.1. The molecule has 2 aromatic carbocycles. The lowest BCUT2D eigenvalue weighted by Gasteiger charge is -2.22. The molecular weight excluding hydrogens is 580 g/mol. The molecule has 1 aliphatic carbocycles. The van der Waals surface area contributed by atoms with Gasteiger partial charge >= 0.3 is 0 Å². The van der Waals surface area contributed by atoms with Gasteiger partial charge in [-0.2, -0.15) is 0 Å². The molecule has 252 valence electrons. The zero-order valence-corrected chi connectivity index (χ0v) is 28.4. The number of unbranched alkanes of at least 4 members (excludes halogenated alkanes) is 11. The molecule has 1 unspecified atom stereocenters. The predicted molar refractivity (Wildman–Crippen MR) is 189 cm³/mol. The lowest BCUT2D eigenvalue weighted by atomic mass is 9.84. The van der Waals surface area contributed by atoms with E-state index in [2.05, 4.69) is 26.5 Å². The molecule has 1 atom stereocenters. The molecule has 46 heavy (non-hydrogen) atoms. The fourth-order valence-corrected chi connectivity index (χ4v) is 6.52. The standard InChI is InChI=1S/C42H56F4/c1-4-7-9-11-12-13-15-17-20-36-29-30-38(42(46)40(36)44)35-27-25-34(26-28-35)37(18-6-3)41(45)39(43)31-33-23-21-32(22-24-33)19-16-14-10-8-5-2/h6,18,23,25-30,32H,3-5,7-17,19-22,24,31H2,1-2H3/b37-18-,41-39-. The molecule has 3 rings (SSSR count). The van der Waals surface area contributed by atoms with Gasteiger partial charge in [-0.15, -0.1) is 0 Å². The van der Waals surface area contributed by atoms with Crippen molar-refractivity contribution >= 4 is 5.57 Å². The van der Waals surface area contributed by atoms with Gasteiger partial charge in [0.1, 0.15) is 5.83 Å². The van der Waals surface area contributed by atoms with Gasteiger partial charge in [-0.25, -0.2) is 17.6 Å². The first-order valence-electron chi connectivity index (χ1n) is 18.0. The molecule has 0 aliphatic heterocycles. The fourth-order valence-electron chi connectivity index (χ4n) is 6.52. The molecule has 0 amide bonds. The van der Waals surface area contributed by atoms with Gasteiger partial charge in [0.15, 0.2) is 17.5 Å². The monoisotopic (exact) mass is 636 g/mol. The molecule has 0 N–H and O–H groups in total. The summed E-state index contributed by atoms with van der Waals surface area (Å²) >= 11 is 0. The zero-order chi connectivity index (χ0) is 33.1. The predicted octanol–water partition coefficient (Wildman–Crippen LogP) is 14.5. The Kier molecular flexibility index (Phi) is 17.2. The molecule has 0 saturated carbocycles. The normalized spacial score (nSPS) is 15.9. The van der Waals surface area contributed by atoms with Gasteiger partial charge in [0.25, 0.3) is 0 Å². The maximum atomic E-state index is 15.5. The Hall–Kier alpha value is -2.88. The van der Waals surface area contributed by atoms with E-state index in [4.69, 9.17) is 0 Å².